The molecule has 0 bridgehead atoms. The highest BCUT2D eigenvalue weighted by atomic mass is 35.5. The van der Waals surface area contributed by atoms with Crippen molar-refractivity contribution in [3.63, 3.8) is 0 Å². The lowest BCUT2D eigenvalue weighted by molar-refractivity contribution is 0.0697. The molecule has 0 aliphatic rings. The minimum Gasteiger partial charge on any atom is -0.478 e. The highest BCUT2D eigenvalue weighted by Gasteiger charge is 2.17. The molecule has 0 saturated heterocycles. The van der Waals surface area contributed by atoms with Crippen LogP contribution in [-0.4, -0.2) is 20.9 Å². The van der Waals surface area contributed by atoms with Gasteiger partial charge in [-0.3, -0.25) is 4.68 Å². The number of carboxylic acids is 1. The van der Waals surface area contributed by atoms with Crippen LogP contribution in [0.2, 0.25) is 5.02 Å². The van der Waals surface area contributed by atoms with E-state index in [-0.39, 0.29) is 5.56 Å². The van der Waals surface area contributed by atoms with E-state index >= 15 is 0 Å². The van der Waals surface area contributed by atoms with Crippen molar-refractivity contribution in [2.45, 2.75) is 0 Å². The lowest BCUT2D eigenvalue weighted by Gasteiger charge is -2.01. The number of halogens is 1. The number of hydrogen-bond acceptors (Lipinski definition) is 2. The van der Waals surface area contributed by atoms with Crippen LogP contribution in [0.15, 0.2) is 30.5 Å². The standard InChI is InChI=1S/C11H9ClN2O2/c1-14-6-8(11(15)16)10(13-14)7-4-2-3-5-9(7)12/h2-6H,1H3,(H,15,16). The molecule has 2 aromatic rings. The summed E-state index contributed by atoms with van der Waals surface area (Å²) in [5.41, 5.74) is 1.17. The van der Waals surface area contributed by atoms with E-state index in [1.807, 2.05) is 0 Å². The first-order valence-corrected chi connectivity index (χ1v) is 4.99. The lowest BCUT2D eigenvalue weighted by atomic mass is 10.1. The average molecular weight is 237 g/mol. The van der Waals surface area contributed by atoms with Crippen LogP contribution in [0.25, 0.3) is 11.3 Å². The molecule has 0 atom stereocenters. The van der Waals surface area contributed by atoms with Gasteiger partial charge in [-0.1, -0.05) is 29.8 Å². The fourth-order valence-electron chi connectivity index (χ4n) is 1.50. The topological polar surface area (TPSA) is 55.1 Å². The summed E-state index contributed by atoms with van der Waals surface area (Å²) in [4.78, 5) is 11.0. The number of benzene rings is 1. The van der Waals surface area contributed by atoms with Crippen molar-refractivity contribution in [3.8, 4) is 11.3 Å². The van der Waals surface area contributed by atoms with Gasteiger partial charge in [-0.05, 0) is 6.07 Å². The molecule has 82 valence electrons. The molecule has 1 N–H and O–H groups in total. The van der Waals surface area contributed by atoms with E-state index in [0.717, 1.165) is 0 Å². The number of nitrogens with zero attached hydrogens (tertiary/aromatic N) is 2. The smallest absolute Gasteiger partial charge is 0.339 e. The predicted molar refractivity (Wildman–Crippen MR) is 60.6 cm³/mol. The monoisotopic (exact) mass is 236 g/mol. The third-order valence-corrected chi connectivity index (χ3v) is 2.52. The molecule has 0 amide bonds. The minimum atomic E-state index is -1.01. The number of carboxylic acid groups (broad SMARTS) is 1. The molecule has 0 unspecified atom stereocenters. The maximum atomic E-state index is 11.0. The van der Waals surface area contributed by atoms with Crippen LogP contribution in [-0.2, 0) is 7.05 Å². The molecule has 16 heavy (non-hydrogen) atoms. The van der Waals surface area contributed by atoms with Gasteiger partial charge < -0.3 is 5.11 Å². The predicted octanol–water partition coefficient (Wildman–Crippen LogP) is 2.44. The third kappa shape index (κ3) is 1.79. The maximum Gasteiger partial charge on any atom is 0.339 e. The largest absolute Gasteiger partial charge is 0.478 e. The highest BCUT2D eigenvalue weighted by Crippen LogP contribution is 2.28. The SMILES string of the molecule is Cn1cc(C(=O)O)c(-c2ccccc2Cl)n1. The molecule has 2 rings (SSSR count). The average Bonchev–Trinajstić information content (AvgIpc) is 2.61. The van der Waals surface area contributed by atoms with Crippen molar-refractivity contribution >= 4 is 17.6 Å². The summed E-state index contributed by atoms with van der Waals surface area (Å²) in [6, 6.07) is 7.03. The molecule has 0 saturated carbocycles. The molecule has 5 heteroatoms. The van der Waals surface area contributed by atoms with Crippen molar-refractivity contribution < 1.29 is 9.90 Å². The van der Waals surface area contributed by atoms with Crippen LogP contribution < -0.4 is 0 Å². The van der Waals surface area contributed by atoms with Gasteiger partial charge in [0.2, 0.25) is 0 Å². The molecule has 0 radical (unpaired) electrons. The van der Waals surface area contributed by atoms with E-state index in [9.17, 15) is 4.79 Å². The second-order valence-corrected chi connectivity index (χ2v) is 3.76. The number of aromatic carboxylic acids is 1. The maximum absolute atomic E-state index is 11.0. The normalized spacial score (nSPS) is 10.4. The Bertz CT molecular complexity index is 549. The number of rotatable bonds is 2. The molecule has 0 fully saturated rings. The molecule has 4 nitrogen and oxygen atoms in total. The quantitative estimate of drug-likeness (QED) is 0.871. The van der Waals surface area contributed by atoms with Crippen LogP contribution in [0.3, 0.4) is 0 Å². The number of aromatic nitrogens is 2. The first-order chi connectivity index (χ1) is 7.59. The Morgan fingerprint density at radius 3 is 2.75 bits per heavy atom. The summed E-state index contributed by atoms with van der Waals surface area (Å²) in [7, 11) is 1.67. The van der Waals surface area contributed by atoms with Crippen molar-refractivity contribution in [1.82, 2.24) is 9.78 Å². The van der Waals surface area contributed by atoms with E-state index in [1.54, 1.807) is 31.3 Å². The summed E-state index contributed by atoms with van der Waals surface area (Å²) in [6.07, 6.45) is 1.46. The Labute approximate surface area is 97.1 Å². The summed E-state index contributed by atoms with van der Waals surface area (Å²) < 4.78 is 1.46. The highest BCUT2D eigenvalue weighted by molar-refractivity contribution is 6.33. The fraction of sp³-hybridized carbons (Fsp3) is 0.0909. The first kappa shape index (κ1) is 10.7. The molecule has 1 heterocycles. The Morgan fingerprint density at radius 1 is 1.44 bits per heavy atom. The van der Waals surface area contributed by atoms with E-state index in [4.69, 9.17) is 16.7 Å². The second kappa shape index (κ2) is 3.98. The van der Waals surface area contributed by atoms with Gasteiger partial charge in [-0.25, -0.2) is 4.79 Å². The van der Waals surface area contributed by atoms with Gasteiger partial charge in [0.1, 0.15) is 11.3 Å². The van der Waals surface area contributed by atoms with Crippen LogP contribution in [0.5, 0.6) is 0 Å². The van der Waals surface area contributed by atoms with Gasteiger partial charge in [-0.2, -0.15) is 5.10 Å². The summed E-state index contributed by atoms with van der Waals surface area (Å²) in [5, 5.41) is 13.6. The molecule has 0 spiro atoms. The van der Waals surface area contributed by atoms with Crippen molar-refractivity contribution in [1.29, 1.82) is 0 Å². The van der Waals surface area contributed by atoms with Crippen molar-refractivity contribution in [2.75, 3.05) is 0 Å². The third-order valence-electron chi connectivity index (χ3n) is 2.19. The van der Waals surface area contributed by atoms with Gasteiger partial charge in [0, 0.05) is 18.8 Å². The van der Waals surface area contributed by atoms with Gasteiger partial charge in [-0.15, -0.1) is 0 Å². The Hall–Kier alpha value is -1.81. The van der Waals surface area contributed by atoms with E-state index in [0.29, 0.717) is 16.3 Å². The summed E-state index contributed by atoms with van der Waals surface area (Å²) >= 11 is 6.00. The van der Waals surface area contributed by atoms with E-state index in [2.05, 4.69) is 5.10 Å². The summed E-state index contributed by atoms with van der Waals surface area (Å²) in [5.74, 6) is -1.01. The zero-order valence-corrected chi connectivity index (χ0v) is 9.27. The van der Waals surface area contributed by atoms with Crippen LogP contribution in [0, 0.1) is 0 Å². The zero-order chi connectivity index (χ0) is 11.7. The van der Waals surface area contributed by atoms with Gasteiger partial charge in [0.05, 0.1) is 5.02 Å². The van der Waals surface area contributed by atoms with Crippen molar-refractivity contribution in [2.24, 2.45) is 7.05 Å². The lowest BCUT2D eigenvalue weighted by Crippen LogP contribution is -1.96. The molecule has 1 aromatic heterocycles. The van der Waals surface area contributed by atoms with Crippen molar-refractivity contribution in [3.05, 3.63) is 41.0 Å². The summed E-state index contributed by atoms with van der Waals surface area (Å²) in [6.45, 7) is 0. The minimum absolute atomic E-state index is 0.149. The Kier molecular flexibility index (Phi) is 2.66. The fourth-order valence-corrected chi connectivity index (χ4v) is 1.72. The number of aryl methyl sites for hydroxylation is 1. The van der Waals surface area contributed by atoms with Crippen LogP contribution in [0.4, 0.5) is 0 Å². The second-order valence-electron chi connectivity index (χ2n) is 3.35. The molecular weight excluding hydrogens is 228 g/mol. The number of carbonyl (C=O) groups is 1. The van der Waals surface area contributed by atoms with Crippen LogP contribution >= 0.6 is 11.6 Å². The first-order valence-electron chi connectivity index (χ1n) is 4.61. The van der Waals surface area contributed by atoms with E-state index < -0.39 is 5.97 Å². The van der Waals surface area contributed by atoms with Gasteiger partial charge in [0.15, 0.2) is 0 Å². The zero-order valence-electron chi connectivity index (χ0n) is 8.51. The molecule has 1 aromatic carbocycles. The molecule has 0 aliphatic heterocycles. The Balaban J connectivity index is 2.64. The van der Waals surface area contributed by atoms with Gasteiger partial charge >= 0.3 is 5.97 Å². The van der Waals surface area contributed by atoms with Gasteiger partial charge in [0.25, 0.3) is 0 Å². The Morgan fingerprint density at radius 2 is 2.12 bits per heavy atom. The van der Waals surface area contributed by atoms with Crippen LogP contribution in [0.1, 0.15) is 10.4 Å². The molecular formula is C11H9ClN2O2. The van der Waals surface area contributed by atoms with E-state index in [1.165, 1.54) is 10.9 Å². The number of hydrogen-bond donors (Lipinski definition) is 1. The molecule has 0 aliphatic carbocycles.